The number of carboxylic acid groups (broad SMARTS) is 1. The summed E-state index contributed by atoms with van der Waals surface area (Å²) in [5.41, 5.74) is 0.643. The van der Waals surface area contributed by atoms with Gasteiger partial charge in [0.15, 0.2) is 0 Å². The lowest BCUT2D eigenvalue weighted by molar-refractivity contribution is -0.137. The first-order valence-corrected chi connectivity index (χ1v) is 8.06. The largest absolute Gasteiger partial charge is 0.481 e. The minimum atomic E-state index is -0.784. The molecular formula is C14H19N3O3S. The second kappa shape index (κ2) is 7.42. The highest BCUT2D eigenvalue weighted by molar-refractivity contribution is 7.98. The lowest BCUT2D eigenvalue weighted by Crippen LogP contribution is -2.49. The fourth-order valence-corrected chi connectivity index (χ4v) is 2.86. The molecule has 114 valence electrons. The molecule has 6 nitrogen and oxygen atoms in total. The van der Waals surface area contributed by atoms with Gasteiger partial charge in [0.1, 0.15) is 5.03 Å². The molecule has 1 N–H and O–H groups in total. The van der Waals surface area contributed by atoms with Gasteiger partial charge >= 0.3 is 5.97 Å². The van der Waals surface area contributed by atoms with Crippen LogP contribution in [0.5, 0.6) is 0 Å². The molecule has 1 aliphatic rings. The second-order valence-corrected chi connectivity index (χ2v) is 5.63. The van der Waals surface area contributed by atoms with E-state index >= 15 is 0 Å². The number of piperazine rings is 1. The van der Waals surface area contributed by atoms with Crippen molar-refractivity contribution in [2.24, 2.45) is 0 Å². The van der Waals surface area contributed by atoms with Gasteiger partial charge in [-0.05, 0) is 18.4 Å². The van der Waals surface area contributed by atoms with Crippen LogP contribution in [0.25, 0.3) is 0 Å². The Bertz CT molecular complexity index is 516. The molecule has 1 aromatic heterocycles. The molecule has 1 amide bonds. The Kier molecular flexibility index (Phi) is 5.58. The molecule has 0 saturated carbocycles. The van der Waals surface area contributed by atoms with E-state index in [1.165, 1.54) is 11.8 Å². The number of amides is 1. The number of hydrogen-bond donors (Lipinski definition) is 1. The molecular weight excluding hydrogens is 290 g/mol. The van der Waals surface area contributed by atoms with Gasteiger partial charge in [-0.3, -0.25) is 14.5 Å². The average Bonchev–Trinajstić information content (AvgIpc) is 2.52. The summed E-state index contributed by atoms with van der Waals surface area (Å²) < 4.78 is 0. The van der Waals surface area contributed by atoms with Gasteiger partial charge in [0, 0.05) is 38.9 Å². The molecule has 7 heteroatoms. The maximum Gasteiger partial charge on any atom is 0.304 e. The van der Waals surface area contributed by atoms with Gasteiger partial charge in [-0.1, -0.05) is 0 Å². The van der Waals surface area contributed by atoms with E-state index in [-0.39, 0.29) is 12.3 Å². The van der Waals surface area contributed by atoms with Crippen LogP contribution < -0.4 is 0 Å². The SMILES string of the molecule is CSc1ncccc1C(=O)N1CCN(CCC(=O)O)CC1. The smallest absolute Gasteiger partial charge is 0.304 e. The number of rotatable bonds is 5. The Morgan fingerprint density at radius 3 is 2.67 bits per heavy atom. The normalized spacial score (nSPS) is 16.0. The molecule has 0 atom stereocenters. The molecule has 0 spiro atoms. The quantitative estimate of drug-likeness (QED) is 0.819. The molecule has 0 unspecified atom stereocenters. The first kappa shape index (κ1) is 15.8. The van der Waals surface area contributed by atoms with Crippen molar-refractivity contribution < 1.29 is 14.7 Å². The van der Waals surface area contributed by atoms with Crippen molar-refractivity contribution in [2.45, 2.75) is 11.4 Å². The number of carbonyl (C=O) groups excluding carboxylic acids is 1. The Balaban J connectivity index is 1.92. The zero-order valence-electron chi connectivity index (χ0n) is 12.0. The molecule has 1 aliphatic heterocycles. The lowest BCUT2D eigenvalue weighted by atomic mass is 10.2. The summed E-state index contributed by atoms with van der Waals surface area (Å²) >= 11 is 1.47. The van der Waals surface area contributed by atoms with Gasteiger partial charge in [-0.2, -0.15) is 0 Å². The maximum absolute atomic E-state index is 12.5. The highest BCUT2D eigenvalue weighted by Gasteiger charge is 2.24. The van der Waals surface area contributed by atoms with E-state index < -0.39 is 5.97 Å². The monoisotopic (exact) mass is 309 g/mol. The van der Waals surface area contributed by atoms with Crippen LogP contribution in [-0.4, -0.2) is 70.7 Å². The number of thioether (sulfide) groups is 1. The number of pyridine rings is 1. The van der Waals surface area contributed by atoms with Crippen LogP contribution in [0.4, 0.5) is 0 Å². The molecule has 0 radical (unpaired) electrons. The Morgan fingerprint density at radius 1 is 1.33 bits per heavy atom. The molecule has 2 rings (SSSR count). The van der Waals surface area contributed by atoms with Crippen molar-refractivity contribution in [3.63, 3.8) is 0 Å². The van der Waals surface area contributed by atoms with Crippen LogP contribution in [0, 0.1) is 0 Å². The highest BCUT2D eigenvalue weighted by Crippen LogP contribution is 2.19. The number of aromatic nitrogens is 1. The molecule has 0 bridgehead atoms. The van der Waals surface area contributed by atoms with Crippen LogP contribution in [0.2, 0.25) is 0 Å². The number of carboxylic acids is 1. The zero-order chi connectivity index (χ0) is 15.2. The third-order valence-corrected chi connectivity index (χ3v) is 4.21. The predicted molar refractivity (Wildman–Crippen MR) is 80.6 cm³/mol. The summed E-state index contributed by atoms with van der Waals surface area (Å²) in [5.74, 6) is -0.779. The van der Waals surface area contributed by atoms with Crippen molar-refractivity contribution in [3.8, 4) is 0 Å². The van der Waals surface area contributed by atoms with Crippen molar-refractivity contribution in [2.75, 3.05) is 39.0 Å². The summed E-state index contributed by atoms with van der Waals surface area (Å²) in [6, 6.07) is 3.58. The van der Waals surface area contributed by atoms with E-state index in [2.05, 4.69) is 9.88 Å². The molecule has 0 aliphatic carbocycles. The Hall–Kier alpha value is -1.60. The maximum atomic E-state index is 12.5. The van der Waals surface area contributed by atoms with E-state index in [0.717, 1.165) is 5.03 Å². The number of aliphatic carboxylic acids is 1. The van der Waals surface area contributed by atoms with Crippen LogP contribution in [0.1, 0.15) is 16.8 Å². The standard InChI is InChI=1S/C14H19N3O3S/c1-21-13-11(3-2-5-15-13)14(20)17-9-7-16(8-10-17)6-4-12(18)19/h2-3,5H,4,6-10H2,1H3,(H,18,19). The average molecular weight is 309 g/mol. The Labute approximate surface area is 128 Å². The van der Waals surface area contributed by atoms with Crippen LogP contribution >= 0.6 is 11.8 Å². The number of hydrogen-bond acceptors (Lipinski definition) is 5. The van der Waals surface area contributed by atoms with Gasteiger partial charge in [0.2, 0.25) is 0 Å². The summed E-state index contributed by atoms with van der Waals surface area (Å²) in [4.78, 5) is 31.2. The van der Waals surface area contributed by atoms with Crippen LogP contribution in [0.3, 0.4) is 0 Å². The van der Waals surface area contributed by atoms with Crippen LogP contribution in [-0.2, 0) is 4.79 Å². The zero-order valence-corrected chi connectivity index (χ0v) is 12.8. The molecule has 21 heavy (non-hydrogen) atoms. The molecule has 2 heterocycles. The third kappa shape index (κ3) is 4.18. The predicted octanol–water partition coefficient (Wildman–Crippen LogP) is 1.04. The molecule has 0 aromatic carbocycles. The third-order valence-electron chi connectivity index (χ3n) is 3.50. The first-order chi connectivity index (χ1) is 10.1. The fourth-order valence-electron chi connectivity index (χ4n) is 2.31. The van der Waals surface area contributed by atoms with Crippen molar-refractivity contribution >= 4 is 23.6 Å². The van der Waals surface area contributed by atoms with Crippen molar-refractivity contribution in [1.29, 1.82) is 0 Å². The summed E-state index contributed by atoms with van der Waals surface area (Å²) in [7, 11) is 0. The topological polar surface area (TPSA) is 73.7 Å². The molecule has 1 fully saturated rings. The highest BCUT2D eigenvalue weighted by atomic mass is 32.2. The van der Waals surface area contributed by atoms with E-state index in [0.29, 0.717) is 38.3 Å². The fraction of sp³-hybridized carbons (Fsp3) is 0.500. The summed E-state index contributed by atoms with van der Waals surface area (Å²) in [6.45, 7) is 3.23. The van der Waals surface area contributed by atoms with Crippen LogP contribution in [0.15, 0.2) is 23.4 Å². The van der Waals surface area contributed by atoms with Gasteiger partial charge in [0.25, 0.3) is 5.91 Å². The van der Waals surface area contributed by atoms with Crippen molar-refractivity contribution in [1.82, 2.24) is 14.8 Å². The van der Waals surface area contributed by atoms with E-state index in [1.54, 1.807) is 18.3 Å². The Morgan fingerprint density at radius 2 is 2.05 bits per heavy atom. The van der Waals surface area contributed by atoms with Gasteiger partial charge in [-0.25, -0.2) is 4.98 Å². The van der Waals surface area contributed by atoms with Crippen molar-refractivity contribution in [3.05, 3.63) is 23.9 Å². The van der Waals surface area contributed by atoms with Gasteiger partial charge in [0.05, 0.1) is 12.0 Å². The molecule has 1 aromatic rings. The summed E-state index contributed by atoms with van der Waals surface area (Å²) in [5, 5.41) is 9.44. The van der Waals surface area contributed by atoms with Gasteiger partial charge in [-0.15, -0.1) is 11.8 Å². The summed E-state index contributed by atoms with van der Waals surface area (Å²) in [6.07, 6.45) is 3.74. The number of nitrogens with zero attached hydrogens (tertiary/aromatic N) is 3. The lowest BCUT2D eigenvalue weighted by Gasteiger charge is -2.34. The second-order valence-electron chi connectivity index (χ2n) is 4.84. The van der Waals surface area contributed by atoms with E-state index in [4.69, 9.17) is 5.11 Å². The van der Waals surface area contributed by atoms with E-state index in [9.17, 15) is 9.59 Å². The number of carbonyl (C=O) groups is 2. The molecule has 1 saturated heterocycles. The first-order valence-electron chi connectivity index (χ1n) is 6.84. The van der Waals surface area contributed by atoms with Gasteiger partial charge < -0.3 is 10.0 Å². The minimum Gasteiger partial charge on any atom is -0.481 e. The van der Waals surface area contributed by atoms with E-state index in [1.807, 2.05) is 11.2 Å². The minimum absolute atomic E-state index is 0.00494.